The van der Waals surface area contributed by atoms with Crippen molar-refractivity contribution in [3.05, 3.63) is 60.2 Å². The summed E-state index contributed by atoms with van der Waals surface area (Å²) in [5.41, 5.74) is 3.89. The van der Waals surface area contributed by atoms with Crippen molar-refractivity contribution in [1.29, 1.82) is 0 Å². The van der Waals surface area contributed by atoms with E-state index in [-0.39, 0.29) is 11.8 Å². The molecule has 9 nitrogen and oxygen atoms in total. The molecule has 9 heteroatoms. The molecular weight excluding hydrogens is 420 g/mol. The summed E-state index contributed by atoms with van der Waals surface area (Å²) in [5, 5.41) is 5.41. The highest BCUT2D eigenvalue weighted by Crippen LogP contribution is 2.27. The fourth-order valence-corrected chi connectivity index (χ4v) is 3.63. The van der Waals surface area contributed by atoms with E-state index in [1.165, 1.54) is 6.20 Å². The Labute approximate surface area is 192 Å². The number of benzene rings is 1. The summed E-state index contributed by atoms with van der Waals surface area (Å²) in [4.78, 5) is 38.6. The van der Waals surface area contributed by atoms with Gasteiger partial charge < -0.3 is 15.0 Å². The lowest BCUT2D eigenvalue weighted by atomic mass is 10.1. The molecule has 1 aromatic carbocycles. The van der Waals surface area contributed by atoms with E-state index >= 15 is 0 Å². The van der Waals surface area contributed by atoms with Crippen molar-refractivity contribution >= 4 is 23.4 Å². The van der Waals surface area contributed by atoms with Crippen molar-refractivity contribution in [1.82, 2.24) is 19.9 Å². The molecule has 2 N–H and O–H groups in total. The number of hydrogen-bond donors (Lipinski definition) is 2. The first kappa shape index (κ1) is 22.2. The molecule has 4 rings (SSSR count). The molecule has 170 valence electrons. The van der Waals surface area contributed by atoms with Gasteiger partial charge in [-0.05, 0) is 49.7 Å². The Bertz CT molecular complexity index is 1170. The third-order valence-electron chi connectivity index (χ3n) is 5.41. The van der Waals surface area contributed by atoms with E-state index in [0.717, 1.165) is 29.1 Å². The molecule has 3 heterocycles. The number of aryl methyl sites for hydroxylation is 2. The van der Waals surface area contributed by atoms with Gasteiger partial charge in [0.2, 0.25) is 5.91 Å². The molecule has 3 amide bonds. The van der Waals surface area contributed by atoms with Crippen molar-refractivity contribution in [2.45, 2.75) is 20.3 Å². The molecule has 0 radical (unpaired) electrons. The van der Waals surface area contributed by atoms with Crippen molar-refractivity contribution in [2.75, 3.05) is 30.8 Å². The molecule has 1 fully saturated rings. The number of urea groups is 1. The Morgan fingerprint density at radius 2 is 2.00 bits per heavy atom. The van der Waals surface area contributed by atoms with Crippen molar-refractivity contribution in [3.8, 4) is 17.0 Å². The minimum atomic E-state index is -0.428. The zero-order valence-corrected chi connectivity index (χ0v) is 18.8. The molecule has 33 heavy (non-hydrogen) atoms. The summed E-state index contributed by atoms with van der Waals surface area (Å²) < 4.78 is 5.96. The summed E-state index contributed by atoms with van der Waals surface area (Å²) in [5.74, 6) is 1.47. The highest BCUT2D eigenvalue weighted by Gasteiger charge is 2.27. The zero-order valence-electron chi connectivity index (χ0n) is 18.8. The van der Waals surface area contributed by atoms with E-state index in [1.807, 2.05) is 45.2 Å². The quantitative estimate of drug-likeness (QED) is 0.598. The minimum Gasteiger partial charge on any atom is -0.493 e. The molecule has 1 aliphatic rings. The number of carbonyl (C=O) groups excluding carboxylic acids is 2. The van der Waals surface area contributed by atoms with Crippen LogP contribution >= 0.6 is 0 Å². The van der Waals surface area contributed by atoms with Crippen LogP contribution in [-0.2, 0) is 4.79 Å². The standard InChI is InChI=1S/C24H26N6O3/c1-15-8-18(5-7-21(15)33-14-17-9-23(31)30(3)13-17)20-11-25-12-22(28-20)29-24(32)27-19-6-4-16(2)26-10-19/h4-8,10-12,17H,9,13-14H2,1-3H3,(H2,27,28,29,32)/t17-/m1/s1. The largest absolute Gasteiger partial charge is 0.493 e. The van der Waals surface area contributed by atoms with Crippen LogP contribution in [0.5, 0.6) is 5.75 Å². The van der Waals surface area contributed by atoms with Crippen molar-refractivity contribution < 1.29 is 14.3 Å². The van der Waals surface area contributed by atoms with Crippen LogP contribution in [0.1, 0.15) is 17.7 Å². The van der Waals surface area contributed by atoms with Gasteiger partial charge in [-0.15, -0.1) is 0 Å². The van der Waals surface area contributed by atoms with Crippen LogP contribution in [-0.4, -0.2) is 52.0 Å². The number of nitrogens with one attached hydrogen (secondary N) is 2. The third kappa shape index (κ3) is 5.62. The van der Waals surface area contributed by atoms with Gasteiger partial charge in [-0.3, -0.25) is 20.1 Å². The van der Waals surface area contributed by atoms with E-state index in [9.17, 15) is 9.59 Å². The van der Waals surface area contributed by atoms with E-state index in [4.69, 9.17) is 4.74 Å². The smallest absolute Gasteiger partial charge is 0.324 e. The van der Waals surface area contributed by atoms with Gasteiger partial charge in [0, 0.05) is 37.2 Å². The van der Waals surface area contributed by atoms with Crippen LogP contribution in [0.4, 0.5) is 16.3 Å². The van der Waals surface area contributed by atoms with Crippen LogP contribution < -0.4 is 15.4 Å². The molecule has 0 bridgehead atoms. The molecular formula is C24H26N6O3. The van der Waals surface area contributed by atoms with Crippen LogP contribution in [0.15, 0.2) is 48.9 Å². The molecule has 0 spiro atoms. The lowest BCUT2D eigenvalue weighted by molar-refractivity contribution is -0.126. The topological polar surface area (TPSA) is 109 Å². The maximum Gasteiger partial charge on any atom is 0.324 e. The number of pyridine rings is 1. The number of nitrogens with zero attached hydrogens (tertiary/aromatic N) is 4. The van der Waals surface area contributed by atoms with Gasteiger partial charge in [-0.25, -0.2) is 9.78 Å². The lowest BCUT2D eigenvalue weighted by Crippen LogP contribution is -2.20. The van der Waals surface area contributed by atoms with Crippen molar-refractivity contribution in [2.24, 2.45) is 5.92 Å². The highest BCUT2D eigenvalue weighted by molar-refractivity contribution is 5.99. The number of anilines is 2. The lowest BCUT2D eigenvalue weighted by Gasteiger charge is -2.14. The maximum atomic E-state index is 12.3. The fourth-order valence-electron chi connectivity index (χ4n) is 3.63. The molecule has 2 aromatic heterocycles. The Hall–Kier alpha value is -4.01. The average Bonchev–Trinajstić information content (AvgIpc) is 3.11. The first-order valence-electron chi connectivity index (χ1n) is 10.7. The first-order chi connectivity index (χ1) is 15.9. The molecule has 0 unspecified atom stereocenters. The Morgan fingerprint density at radius 3 is 2.70 bits per heavy atom. The number of rotatable bonds is 6. The van der Waals surface area contributed by atoms with E-state index in [0.29, 0.717) is 30.2 Å². The van der Waals surface area contributed by atoms with E-state index in [1.54, 1.807) is 23.4 Å². The number of amides is 3. The number of carbonyl (C=O) groups is 2. The monoisotopic (exact) mass is 446 g/mol. The maximum absolute atomic E-state index is 12.3. The second kappa shape index (κ2) is 9.64. The van der Waals surface area contributed by atoms with Crippen LogP contribution in [0, 0.1) is 19.8 Å². The summed E-state index contributed by atoms with van der Waals surface area (Å²) >= 11 is 0. The molecule has 0 aliphatic carbocycles. The van der Waals surface area contributed by atoms with Gasteiger partial charge in [0.1, 0.15) is 5.75 Å². The fraction of sp³-hybridized carbons (Fsp3) is 0.292. The number of likely N-dealkylation sites (tertiary alicyclic amines) is 1. The van der Waals surface area contributed by atoms with Gasteiger partial charge >= 0.3 is 6.03 Å². The summed E-state index contributed by atoms with van der Waals surface area (Å²) in [6.07, 6.45) is 5.24. The highest BCUT2D eigenvalue weighted by atomic mass is 16.5. The van der Waals surface area contributed by atoms with Gasteiger partial charge in [0.15, 0.2) is 5.82 Å². The normalized spacial score (nSPS) is 15.4. The number of hydrogen-bond acceptors (Lipinski definition) is 6. The Kier molecular flexibility index (Phi) is 6.48. The van der Waals surface area contributed by atoms with Gasteiger partial charge in [0.05, 0.1) is 36.6 Å². The number of aromatic nitrogens is 3. The van der Waals surface area contributed by atoms with Gasteiger partial charge in [0.25, 0.3) is 0 Å². The predicted molar refractivity (Wildman–Crippen MR) is 125 cm³/mol. The summed E-state index contributed by atoms with van der Waals surface area (Å²) in [7, 11) is 1.82. The summed E-state index contributed by atoms with van der Waals surface area (Å²) in [6.45, 7) is 5.06. The molecule has 1 atom stereocenters. The van der Waals surface area contributed by atoms with Crippen LogP contribution in [0.3, 0.4) is 0 Å². The SMILES string of the molecule is Cc1ccc(NC(=O)Nc2cncc(-c3ccc(OC[C@@H]4CC(=O)N(C)C4)c(C)c3)n2)cn1. The summed E-state index contributed by atoms with van der Waals surface area (Å²) in [6, 6.07) is 8.93. The van der Waals surface area contributed by atoms with E-state index < -0.39 is 6.03 Å². The number of ether oxygens (including phenoxy) is 1. The Morgan fingerprint density at radius 1 is 1.15 bits per heavy atom. The van der Waals surface area contributed by atoms with Gasteiger partial charge in [-0.2, -0.15) is 0 Å². The molecule has 3 aromatic rings. The zero-order chi connectivity index (χ0) is 23.4. The van der Waals surface area contributed by atoms with Crippen LogP contribution in [0.25, 0.3) is 11.3 Å². The van der Waals surface area contributed by atoms with Crippen molar-refractivity contribution in [3.63, 3.8) is 0 Å². The molecule has 1 saturated heterocycles. The van der Waals surface area contributed by atoms with Gasteiger partial charge in [-0.1, -0.05) is 0 Å². The average molecular weight is 447 g/mol. The third-order valence-corrected chi connectivity index (χ3v) is 5.41. The predicted octanol–water partition coefficient (Wildman–Crippen LogP) is 3.66. The van der Waals surface area contributed by atoms with Crippen LogP contribution in [0.2, 0.25) is 0 Å². The van der Waals surface area contributed by atoms with E-state index in [2.05, 4.69) is 25.6 Å². The molecule has 1 aliphatic heterocycles. The second-order valence-corrected chi connectivity index (χ2v) is 8.19. The minimum absolute atomic E-state index is 0.159. The second-order valence-electron chi connectivity index (χ2n) is 8.19. The Balaban J connectivity index is 1.39. The first-order valence-corrected chi connectivity index (χ1v) is 10.7. The molecule has 0 saturated carbocycles.